The molecule has 0 bridgehead atoms. The van der Waals surface area contributed by atoms with Crippen molar-refractivity contribution in [2.45, 2.75) is 0 Å². The minimum Gasteiger partial charge on any atom is -0.0843 e. The SMILES string of the molecule is [2H]c1c([2H])c(Cl)c(-c2cc(Cl)c(Cl)c(Cl)c2Cl)c([2H])c1Cl. The normalized spacial score (nSPS) is 13.1. The van der Waals surface area contributed by atoms with Gasteiger partial charge in [-0.3, -0.25) is 0 Å². The topological polar surface area (TPSA) is 0 Å². The van der Waals surface area contributed by atoms with Gasteiger partial charge in [-0.05, 0) is 24.2 Å². The fourth-order valence-electron chi connectivity index (χ4n) is 1.31. The van der Waals surface area contributed by atoms with Crippen LogP contribution in [0.1, 0.15) is 4.11 Å². The maximum absolute atomic E-state index is 8.00. The summed E-state index contributed by atoms with van der Waals surface area (Å²) in [6.45, 7) is 0. The van der Waals surface area contributed by atoms with Crippen LogP contribution in [0.5, 0.6) is 0 Å². The zero-order valence-corrected chi connectivity index (χ0v) is 12.9. The predicted molar refractivity (Wildman–Crippen MR) is 81.9 cm³/mol. The zero-order valence-electron chi connectivity index (χ0n) is 11.3. The van der Waals surface area contributed by atoms with Gasteiger partial charge in [-0.15, -0.1) is 0 Å². The Morgan fingerprint density at radius 1 is 0.722 bits per heavy atom. The highest BCUT2D eigenvalue weighted by atomic mass is 35.5. The van der Waals surface area contributed by atoms with Crippen LogP contribution >= 0.6 is 69.6 Å². The van der Waals surface area contributed by atoms with Crippen LogP contribution in [-0.4, -0.2) is 0 Å². The van der Waals surface area contributed by atoms with Gasteiger partial charge < -0.3 is 0 Å². The Bertz CT molecular complexity index is 731. The van der Waals surface area contributed by atoms with E-state index in [1.807, 2.05) is 0 Å². The Balaban J connectivity index is 2.93. The highest BCUT2D eigenvalue weighted by molar-refractivity contribution is 6.53. The van der Waals surface area contributed by atoms with E-state index in [2.05, 4.69) is 0 Å². The minimum absolute atomic E-state index is 0.00824. The summed E-state index contributed by atoms with van der Waals surface area (Å²) < 4.78 is 23.4. The lowest BCUT2D eigenvalue weighted by Crippen LogP contribution is -1.85. The van der Waals surface area contributed by atoms with Crippen LogP contribution in [0.3, 0.4) is 0 Å². The highest BCUT2D eigenvalue weighted by Crippen LogP contribution is 2.44. The molecule has 0 amide bonds. The Labute approximate surface area is 139 Å². The molecule has 0 spiro atoms. The van der Waals surface area contributed by atoms with E-state index in [1.165, 1.54) is 6.07 Å². The predicted octanol–water partition coefficient (Wildman–Crippen LogP) is 7.27. The molecule has 0 aliphatic rings. The summed E-state index contributed by atoms with van der Waals surface area (Å²) in [5, 5.41) is -0.106. The van der Waals surface area contributed by atoms with Crippen LogP contribution in [-0.2, 0) is 0 Å². The second kappa shape index (κ2) is 5.66. The van der Waals surface area contributed by atoms with Crippen LogP contribution in [0.25, 0.3) is 11.1 Å². The number of halogens is 6. The van der Waals surface area contributed by atoms with E-state index in [4.69, 9.17) is 73.7 Å². The van der Waals surface area contributed by atoms with Gasteiger partial charge in [-0.1, -0.05) is 69.6 Å². The largest absolute Gasteiger partial charge is 0.0843 e. The molecule has 0 aliphatic carbocycles. The van der Waals surface area contributed by atoms with Crippen LogP contribution in [0.15, 0.2) is 24.2 Å². The van der Waals surface area contributed by atoms with Crippen molar-refractivity contribution in [2.75, 3.05) is 0 Å². The summed E-state index contributed by atoms with van der Waals surface area (Å²) in [6.07, 6.45) is 0. The van der Waals surface area contributed by atoms with Gasteiger partial charge in [0.15, 0.2) is 0 Å². The molecule has 0 unspecified atom stereocenters. The summed E-state index contributed by atoms with van der Waals surface area (Å²) in [4.78, 5) is 0. The second-order valence-electron chi connectivity index (χ2n) is 3.23. The fourth-order valence-corrected chi connectivity index (χ4v) is 2.54. The standard InChI is InChI=1S/C12H4Cl6/c13-5-1-2-8(14)6(3-5)7-4-9(15)11(17)12(18)10(7)16/h1-4H/i1D,2D,3D. The quantitative estimate of drug-likeness (QED) is 0.369. The molecule has 0 nitrogen and oxygen atoms in total. The Hall–Kier alpha value is 0.180. The van der Waals surface area contributed by atoms with E-state index >= 15 is 0 Å². The molecule has 94 valence electrons. The molecule has 0 heterocycles. The van der Waals surface area contributed by atoms with Crippen molar-refractivity contribution >= 4 is 69.6 Å². The average Bonchev–Trinajstić information content (AvgIpc) is 2.46. The highest BCUT2D eigenvalue weighted by Gasteiger charge is 2.16. The molecule has 0 aromatic heterocycles. The zero-order chi connectivity index (χ0) is 16.1. The third-order valence-corrected chi connectivity index (χ3v) is 4.33. The molecule has 2 rings (SSSR count). The first-order chi connectivity index (χ1) is 9.68. The number of hydrogen-bond donors (Lipinski definition) is 0. The van der Waals surface area contributed by atoms with E-state index in [-0.39, 0.29) is 59.4 Å². The summed E-state index contributed by atoms with van der Waals surface area (Å²) in [6, 6.07) is 0.499. The number of rotatable bonds is 1. The minimum atomic E-state index is -0.335. The van der Waals surface area contributed by atoms with Gasteiger partial charge in [0.2, 0.25) is 0 Å². The van der Waals surface area contributed by atoms with E-state index in [0.29, 0.717) is 0 Å². The van der Waals surface area contributed by atoms with Crippen LogP contribution in [0.4, 0.5) is 0 Å². The molecule has 6 heteroatoms. The number of hydrogen-bond acceptors (Lipinski definition) is 0. The van der Waals surface area contributed by atoms with Crippen LogP contribution in [0.2, 0.25) is 30.1 Å². The molecular formula is C12H4Cl6. The fraction of sp³-hybridized carbons (Fsp3) is 0. The van der Waals surface area contributed by atoms with Crippen LogP contribution in [0, 0.1) is 0 Å². The molecule has 0 aliphatic heterocycles. The average molecular weight is 364 g/mol. The van der Waals surface area contributed by atoms with Crippen molar-refractivity contribution < 1.29 is 4.11 Å². The maximum Gasteiger partial charge on any atom is 0.0800 e. The molecule has 0 atom stereocenters. The Morgan fingerprint density at radius 2 is 1.39 bits per heavy atom. The van der Waals surface area contributed by atoms with E-state index in [9.17, 15) is 0 Å². The van der Waals surface area contributed by atoms with Crippen LogP contribution < -0.4 is 0 Å². The van der Waals surface area contributed by atoms with Gasteiger partial charge in [0.05, 0.1) is 24.2 Å². The lowest BCUT2D eigenvalue weighted by atomic mass is 10.1. The molecule has 0 saturated carbocycles. The molecule has 2 aromatic rings. The van der Waals surface area contributed by atoms with Gasteiger partial charge in [0.25, 0.3) is 0 Å². The molecule has 18 heavy (non-hydrogen) atoms. The lowest BCUT2D eigenvalue weighted by molar-refractivity contribution is 1.61. The summed E-state index contributed by atoms with van der Waals surface area (Å²) in [5.74, 6) is 0. The molecular weight excluding hydrogens is 357 g/mol. The van der Waals surface area contributed by atoms with Crippen molar-refractivity contribution in [1.29, 1.82) is 0 Å². The first kappa shape index (κ1) is 10.9. The van der Waals surface area contributed by atoms with Crippen molar-refractivity contribution in [3.05, 3.63) is 54.3 Å². The smallest absolute Gasteiger partial charge is 0.0800 e. The van der Waals surface area contributed by atoms with Crippen molar-refractivity contribution in [1.82, 2.24) is 0 Å². The van der Waals surface area contributed by atoms with Gasteiger partial charge in [0.1, 0.15) is 0 Å². The van der Waals surface area contributed by atoms with Gasteiger partial charge >= 0.3 is 0 Å². The molecule has 0 saturated heterocycles. The van der Waals surface area contributed by atoms with Crippen molar-refractivity contribution in [3.8, 4) is 11.1 Å². The monoisotopic (exact) mass is 361 g/mol. The molecule has 0 fully saturated rings. The van der Waals surface area contributed by atoms with Crippen molar-refractivity contribution in [3.63, 3.8) is 0 Å². The molecule has 2 aromatic carbocycles. The first-order valence-corrected chi connectivity index (χ1v) is 6.73. The molecule has 0 N–H and O–H groups in total. The summed E-state index contributed by atoms with van der Waals surface area (Å²) >= 11 is 35.9. The second-order valence-corrected chi connectivity index (χ2v) is 5.52. The van der Waals surface area contributed by atoms with Gasteiger partial charge in [0, 0.05) is 21.2 Å². The van der Waals surface area contributed by atoms with E-state index in [0.717, 1.165) is 0 Å². The van der Waals surface area contributed by atoms with Gasteiger partial charge in [-0.2, -0.15) is 0 Å². The van der Waals surface area contributed by atoms with Crippen molar-refractivity contribution in [2.24, 2.45) is 0 Å². The third kappa shape index (κ3) is 2.70. The summed E-state index contributed by atoms with van der Waals surface area (Å²) in [5.41, 5.74) is 0.301. The van der Waals surface area contributed by atoms with Gasteiger partial charge in [-0.25, -0.2) is 0 Å². The number of benzene rings is 2. The first-order valence-electron chi connectivity index (χ1n) is 5.96. The third-order valence-electron chi connectivity index (χ3n) is 2.11. The molecule has 0 radical (unpaired) electrons. The Kier molecular flexibility index (Phi) is 3.43. The lowest BCUT2D eigenvalue weighted by Gasteiger charge is -2.11. The summed E-state index contributed by atoms with van der Waals surface area (Å²) in [7, 11) is 0. The maximum atomic E-state index is 8.00. The van der Waals surface area contributed by atoms with E-state index in [1.54, 1.807) is 0 Å². The Morgan fingerprint density at radius 3 is 2.06 bits per heavy atom. The van der Waals surface area contributed by atoms with E-state index < -0.39 is 0 Å².